The van der Waals surface area contributed by atoms with Crippen molar-refractivity contribution in [2.75, 3.05) is 19.6 Å². The quantitative estimate of drug-likeness (QED) is 0.727. The number of benzene rings is 2. The van der Waals surface area contributed by atoms with E-state index in [0.29, 0.717) is 19.6 Å². The maximum absolute atomic E-state index is 5.67. The van der Waals surface area contributed by atoms with Crippen molar-refractivity contribution in [3.05, 3.63) is 64.2 Å². The molecule has 0 aliphatic rings. The van der Waals surface area contributed by atoms with Gasteiger partial charge in [-0.1, -0.05) is 24.3 Å². The summed E-state index contributed by atoms with van der Waals surface area (Å²) >= 11 is 0. The topological polar surface area (TPSA) is 76.8 Å². The smallest absolute Gasteiger partial charge is 0.0855 e. The van der Waals surface area contributed by atoms with Gasteiger partial charge in [-0.3, -0.25) is 0 Å². The van der Waals surface area contributed by atoms with Crippen molar-refractivity contribution in [2.24, 2.45) is 21.7 Å². The number of rotatable bonds is 8. The van der Waals surface area contributed by atoms with E-state index in [1.165, 1.54) is 27.8 Å². The van der Waals surface area contributed by atoms with Gasteiger partial charge in [0.1, 0.15) is 0 Å². The fourth-order valence-corrected chi connectivity index (χ4v) is 2.76. The van der Waals surface area contributed by atoms with Crippen LogP contribution < -0.4 is 11.5 Å². The van der Waals surface area contributed by atoms with Crippen molar-refractivity contribution in [1.82, 2.24) is 0 Å². The second kappa shape index (κ2) is 9.30. The van der Waals surface area contributed by atoms with Crippen LogP contribution in [0, 0.1) is 13.8 Å². The highest BCUT2D eigenvalue weighted by atomic mass is 15.1. The molecule has 0 aliphatic heterocycles. The summed E-state index contributed by atoms with van der Waals surface area (Å²) in [5, 5.41) is 8.68. The molecular formula is C20H28N4. The number of hydrogen-bond acceptors (Lipinski definition) is 4. The molecule has 4 heteroatoms. The highest BCUT2D eigenvalue weighted by Gasteiger charge is 2.01. The first-order valence-corrected chi connectivity index (χ1v) is 8.59. The standard InChI is InChI=1S/C20H28N4/c1-15-3-5-17(13-18(15)7-10-21)9-12-23-24-20-6-4-16(2)19(14-20)8-11-22/h3-6,13-14H,7-12,21-22H2,1-2H3. The van der Waals surface area contributed by atoms with Crippen molar-refractivity contribution in [3.8, 4) is 0 Å². The summed E-state index contributed by atoms with van der Waals surface area (Å²) in [5.74, 6) is 0. The van der Waals surface area contributed by atoms with Gasteiger partial charge in [-0.25, -0.2) is 0 Å². The lowest BCUT2D eigenvalue weighted by Crippen LogP contribution is -2.05. The monoisotopic (exact) mass is 324 g/mol. The molecule has 0 heterocycles. The zero-order valence-electron chi connectivity index (χ0n) is 14.8. The van der Waals surface area contributed by atoms with Crippen LogP contribution in [0.15, 0.2) is 46.6 Å². The third-order valence-corrected chi connectivity index (χ3v) is 4.26. The molecule has 0 spiro atoms. The Bertz CT molecular complexity index is 692. The molecule has 0 amide bonds. The molecule has 4 N–H and O–H groups in total. The maximum Gasteiger partial charge on any atom is 0.0855 e. The Labute approximate surface area is 145 Å². The van der Waals surface area contributed by atoms with Crippen LogP contribution >= 0.6 is 0 Å². The Balaban J connectivity index is 1.95. The highest BCUT2D eigenvalue weighted by Crippen LogP contribution is 2.19. The van der Waals surface area contributed by atoms with Crippen LogP contribution in [0.1, 0.15) is 27.8 Å². The Morgan fingerprint density at radius 1 is 0.792 bits per heavy atom. The van der Waals surface area contributed by atoms with Gasteiger partial charge in [0, 0.05) is 0 Å². The van der Waals surface area contributed by atoms with Gasteiger partial charge in [-0.05, 0) is 86.1 Å². The molecule has 128 valence electrons. The summed E-state index contributed by atoms with van der Waals surface area (Å²) in [7, 11) is 0. The maximum atomic E-state index is 5.67. The second-order valence-corrected chi connectivity index (χ2v) is 6.16. The summed E-state index contributed by atoms with van der Waals surface area (Å²) < 4.78 is 0. The SMILES string of the molecule is Cc1ccc(CCN=Nc2ccc(C)c(CCN)c2)cc1CCN. The Kier molecular flexibility index (Phi) is 7.09. The molecule has 0 saturated carbocycles. The molecule has 0 fully saturated rings. The van der Waals surface area contributed by atoms with Crippen molar-refractivity contribution in [2.45, 2.75) is 33.1 Å². The minimum Gasteiger partial charge on any atom is -0.330 e. The largest absolute Gasteiger partial charge is 0.330 e. The summed E-state index contributed by atoms with van der Waals surface area (Å²) in [6.45, 7) is 6.25. The van der Waals surface area contributed by atoms with E-state index in [0.717, 1.165) is 24.9 Å². The van der Waals surface area contributed by atoms with Crippen LogP contribution in [0.3, 0.4) is 0 Å². The number of aryl methyl sites for hydroxylation is 2. The van der Waals surface area contributed by atoms with Gasteiger partial charge >= 0.3 is 0 Å². The number of nitrogens with two attached hydrogens (primary N) is 2. The third kappa shape index (κ3) is 5.25. The highest BCUT2D eigenvalue weighted by molar-refractivity contribution is 5.43. The molecule has 0 saturated heterocycles. The Morgan fingerprint density at radius 2 is 1.42 bits per heavy atom. The van der Waals surface area contributed by atoms with Crippen molar-refractivity contribution in [1.29, 1.82) is 0 Å². The molecule has 0 radical (unpaired) electrons. The molecule has 24 heavy (non-hydrogen) atoms. The van der Waals surface area contributed by atoms with Crippen LogP contribution in [0.2, 0.25) is 0 Å². The summed E-state index contributed by atoms with van der Waals surface area (Å²) in [5.41, 5.74) is 18.6. The fraction of sp³-hybridized carbons (Fsp3) is 0.400. The molecule has 0 aromatic heterocycles. The van der Waals surface area contributed by atoms with Crippen LogP contribution in [-0.4, -0.2) is 19.6 Å². The molecule has 0 bridgehead atoms. The second-order valence-electron chi connectivity index (χ2n) is 6.16. The Morgan fingerprint density at radius 3 is 2.08 bits per heavy atom. The number of nitrogens with zero attached hydrogens (tertiary/aromatic N) is 2. The molecular weight excluding hydrogens is 296 g/mol. The Hall–Kier alpha value is -2.04. The average molecular weight is 324 g/mol. The number of azo groups is 1. The van der Waals surface area contributed by atoms with Crippen LogP contribution in [-0.2, 0) is 19.3 Å². The fourth-order valence-electron chi connectivity index (χ4n) is 2.76. The lowest BCUT2D eigenvalue weighted by molar-refractivity contribution is 0.892. The van der Waals surface area contributed by atoms with Gasteiger partial charge in [-0.15, -0.1) is 0 Å². The average Bonchev–Trinajstić information content (AvgIpc) is 2.57. The van der Waals surface area contributed by atoms with E-state index in [1.807, 2.05) is 6.07 Å². The third-order valence-electron chi connectivity index (χ3n) is 4.26. The predicted octanol–water partition coefficient (Wildman–Crippen LogP) is 3.63. The first-order valence-electron chi connectivity index (χ1n) is 8.59. The minimum absolute atomic E-state index is 0.653. The van der Waals surface area contributed by atoms with E-state index in [4.69, 9.17) is 11.5 Å². The zero-order chi connectivity index (χ0) is 17.4. The molecule has 0 unspecified atom stereocenters. The zero-order valence-corrected chi connectivity index (χ0v) is 14.8. The molecule has 0 aliphatic carbocycles. The van der Waals surface area contributed by atoms with Gasteiger partial charge in [0.15, 0.2) is 0 Å². The van der Waals surface area contributed by atoms with Gasteiger partial charge in [0.25, 0.3) is 0 Å². The first-order chi connectivity index (χ1) is 11.6. The molecule has 2 rings (SSSR count). The molecule has 2 aromatic rings. The van der Waals surface area contributed by atoms with Gasteiger partial charge < -0.3 is 11.5 Å². The lowest BCUT2D eigenvalue weighted by Gasteiger charge is -2.07. The van der Waals surface area contributed by atoms with Crippen molar-refractivity contribution < 1.29 is 0 Å². The molecule has 4 nitrogen and oxygen atoms in total. The lowest BCUT2D eigenvalue weighted by atomic mass is 10.0. The van der Waals surface area contributed by atoms with Crippen molar-refractivity contribution in [3.63, 3.8) is 0 Å². The van der Waals surface area contributed by atoms with Crippen LogP contribution in [0.4, 0.5) is 5.69 Å². The first kappa shape index (κ1) is 18.3. The molecule has 2 aromatic carbocycles. The van der Waals surface area contributed by atoms with Crippen LogP contribution in [0.25, 0.3) is 0 Å². The summed E-state index contributed by atoms with van der Waals surface area (Å²) in [6.07, 6.45) is 2.69. The van der Waals surface area contributed by atoms with Gasteiger partial charge in [-0.2, -0.15) is 10.2 Å². The van der Waals surface area contributed by atoms with Crippen LogP contribution in [0.5, 0.6) is 0 Å². The van der Waals surface area contributed by atoms with Gasteiger partial charge in [0.05, 0.1) is 12.2 Å². The van der Waals surface area contributed by atoms with Crippen molar-refractivity contribution >= 4 is 5.69 Å². The van der Waals surface area contributed by atoms with Gasteiger partial charge in [0.2, 0.25) is 0 Å². The van der Waals surface area contributed by atoms with E-state index in [-0.39, 0.29) is 0 Å². The minimum atomic E-state index is 0.653. The summed E-state index contributed by atoms with van der Waals surface area (Å²) in [6, 6.07) is 12.7. The van der Waals surface area contributed by atoms with E-state index in [1.54, 1.807) is 0 Å². The van der Waals surface area contributed by atoms with E-state index >= 15 is 0 Å². The molecule has 0 atom stereocenters. The number of hydrogen-bond donors (Lipinski definition) is 2. The van der Waals surface area contributed by atoms with E-state index < -0.39 is 0 Å². The normalized spacial score (nSPS) is 11.3. The predicted molar refractivity (Wildman–Crippen MR) is 101 cm³/mol. The summed E-state index contributed by atoms with van der Waals surface area (Å²) in [4.78, 5) is 0. The van der Waals surface area contributed by atoms with E-state index in [2.05, 4.69) is 54.4 Å². The van der Waals surface area contributed by atoms with E-state index in [9.17, 15) is 0 Å².